The Morgan fingerprint density at radius 3 is 2.45 bits per heavy atom. The van der Waals surface area contributed by atoms with Gasteiger partial charge in [-0.1, -0.05) is 6.42 Å². The number of hydrogen-bond donors (Lipinski definition) is 0. The third-order valence-corrected chi connectivity index (χ3v) is 3.33. The van der Waals surface area contributed by atoms with E-state index in [1.165, 1.54) is 10.6 Å². The zero-order chi connectivity index (χ0) is 8.48. The molecule has 1 atom stereocenters. The summed E-state index contributed by atoms with van der Waals surface area (Å²) in [5.74, 6) is 0. The predicted octanol–water partition coefficient (Wildman–Crippen LogP) is 0.635. The molecule has 1 fully saturated rings. The molecular formula is C7H14NO2S. The van der Waals surface area contributed by atoms with Gasteiger partial charge in [0.25, 0.3) is 0 Å². The molecule has 1 rings (SSSR count). The van der Waals surface area contributed by atoms with Crippen molar-refractivity contribution in [3.8, 4) is 0 Å². The van der Waals surface area contributed by atoms with Crippen LogP contribution in [0.25, 0.3) is 0 Å². The molecule has 0 amide bonds. The third kappa shape index (κ3) is 2.17. The van der Waals surface area contributed by atoms with Gasteiger partial charge in [0.15, 0.2) is 0 Å². The van der Waals surface area contributed by atoms with Crippen LogP contribution in [0.5, 0.6) is 0 Å². The Hall–Kier alpha value is -0.0900. The van der Waals surface area contributed by atoms with Crippen molar-refractivity contribution in [3.05, 3.63) is 6.92 Å². The van der Waals surface area contributed by atoms with Crippen LogP contribution in [0.15, 0.2) is 0 Å². The quantitative estimate of drug-likeness (QED) is 0.588. The van der Waals surface area contributed by atoms with Crippen LogP contribution in [0, 0.1) is 6.92 Å². The fourth-order valence-corrected chi connectivity index (χ4v) is 2.52. The zero-order valence-electron chi connectivity index (χ0n) is 6.78. The van der Waals surface area contributed by atoms with Gasteiger partial charge in [-0.05, 0) is 19.8 Å². The van der Waals surface area contributed by atoms with E-state index in [9.17, 15) is 8.42 Å². The van der Waals surface area contributed by atoms with Crippen LogP contribution in [0.4, 0.5) is 0 Å². The smallest absolute Gasteiger partial charge is 0.211 e. The van der Waals surface area contributed by atoms with E-state index < -0.39 is 10.0 Å². The van der Waals surface area contributed by atoms with E-state index in [0.717, 1.165) is 19.3 Å². The topological polar surface area (TPSA) is 37.4 Å². The van der Waals surface area contributed by atoms with Crippen molar-refractivity contribution in [3.63, 3.8) is 0 Å². The molecule has 65 valence electrons. The minimum Gasteiger partial charge on any atom is -0.212 e. The van der Waals surface area contributed by atoms with Crippen LogP contribution in [0.3, 0.4) is 0 Å². The summed E-state index contributed by atoms with van der Waals surface area (Å²) < 4.78 is 23.6. The number of sulfonamides is 1. The first-order valence-corrected chi connectivity index (χ1v) is 5.66. The van der Waals surface area contributed by atoms with Gasteiger partial charge < -0.3 is 0 Å². The maximum atomic E-state index is 11.1. The van der Waals surface area contributed by atoms with Gasteiger partial charge in [-0.3, -0.25) is 0 Å². The van der Waals surface area contributed by atoms with E-state index in [-0.39, 0.29) is 6.04 Å². The molecule has 3 nitrogen and oxygen atoms in total. The number of nitrogens with zero attached hydrogens (tertiary/aromatic N) is 1. The van der Waals surface area contributed by atoms with Crippen LogP contribution in [0.1, 0.15) is 19.3 Å². The molecule has 1 aliphatic rings. The summed E-state index contributed by atoms with van der Waals surface area (Å²) in [4.78, 5) is 0. The third-order valence-electron chi connectivity index (χ3n) is 2.00. The average molecular weight is 176 g/mol. The first kappa shape index (κ1) is 9.00. The monoisotopic (exact) mass is 176 g/mol. The minimum atomic E-state index is -3.00. The molecule has 4 heteroatoms. The van der Waals surface area contributed by atoms with E-state index in [1.807, 2.05) is 0 Å². The number of piperidine rings is 1. The molecule has 0 aromatic heterocycles. The molecule has 0 bridgehead atoms. The van der Waals surface area contributed by atoms with Crippen LogP contribution >= 0.6 is 0 Å². The van der Waals surface area contributed by atoms with E-state index in [4.69, 9.17) is 0 Å². The van der Waals surface area contributed by atoms with Crippen LogP contribution in [-0.4, -0.2) is 31.6 Å². The highest BCUT2D eigenvalue weighted by Crippen LogP contribution is 2.18. The Kier molecular flexibility index (Phi) is 2.54. The molecule has 0 spiro atoms. The molecule has 0 N–H and O–H groups in total. The van der Waals surface area contributed by atoms with E-state index in [1.54, 1.807) is 0 Å². The summed E-state index contributed by atoms with van der Waals surface area (Å²) in [7, 11) is -3.00. The average Bonchev–Trinajstić information content (AvgIpc) is 1.86. The fraction of sp³-hybridized carbons (Fsp3) is 0.857. The van der Waals surface area contributed by atoms with E-state index in [0.29, 0.717) is 6.54 Å². The van der Waals surface area contributed by atoms with Gasteiger partial charge in [0.1, 0.15) is 0 Å². The van der Waals surface area contributed by atoms with Crippen LogP contribution in [0.2, 0.25) is 0 Å². The summed E-state index contributed by atoms with van der Waals surface area (Å²) in [5, 5.41) is 0. The van der Waals surface area contributed by atoms with E-state index in [2.05, 4.69) is 6.92 Å². The zero-order valence-corrected chi connectivity index (χ0v) is 7.60. The second kappa shape index (κ2) is 3.11. The molecule has 0 aliphatic carbocycles. The van der Waals surface area contributed by atoms with Crippen molar-refractivity contribution in [1.82, 2.24) is 4.31 Å². The van der Waals surface area contributed by atoms with Gasteiger partial charge in [-0.15, -0.1) is 0 Å². The Morgan fingerprint density at radius 2 is 2.09 bits per heavy atom. The van der Waals surface area contributed by atoms with Crippen molar-refractivity contribution in [2.45, 2.75) is 25.3 Å². The van der Waals surface area contributed by atoms with E-state index >= 15 is 0 Å². The molecule has 1 aliphatic heterocycles. The lowest BCUT2D eigenvalue weighted by Gasteiger charge is -2.30. The second-order valence-electron chi connectivity index (χ2n) is 3.02. The Balaban J connectivity index is 2.70. The van der Waals surface area contributed by atoms with Crippen molar-refractivity contribution < 1.29 is 8.42 Å². The van der Waals surface area contributed by atoms with Crippen molar-refractivity contribution in [2.24, 2.45) is 0 Å². The lowest BCUT2D eigenvalue weighted by molar-refractivity contribution is 0.291. The molecule has 1 heterocycles. The summed E-state index contributed by atoms with van der Waals surface area (Å²) in [5.41, 5.74) is 0. The lowest BCUT2D eigenvalue weighted by atomic mass is 10.1. The number of rotatable bonds is 1. The molecule has 1 unspecified atom stereocenters. The summed E-state index contributed by atoms with van der Waals surface area (Å²) in [6, 6.07) is -0.0428. The highest BCUT2D eigenvalue weighted by atomic mass is 32.2. The fourth-order valence-electron chi connectivity index (χ4n) is 1.41. The summed E-state index contributed by atoms with van der Waals surface area (Å²) in [6.07, 6.45) is 4.21. The molecule has 1 radical (unpaired) electrons. The molecule has 0 aromatic rings. The number of hydrogen-bond acceptors (Lipinski definition) is 2. The van der Waals surface area contributed by atoms with Gasteiger partial charge in [0, 0.05) is 12.6 Å². The van der Waals surface area contributed by atoms with Crippen molar-refractivity contribution >= 4 is 10.0 Å². The lowest BCUT2D eigenvalue weighted by Crippen LogP contribution is -2.41. The van der Waals surface area contributed by atoms with Crippen LogP contribution < -0.4 is 0 Å². The molecule has 0 saturated carbocycles. The van der Waals surface area contributed by atoms with Gasteiger partial charge in [0.05, 0.1) is 6.26 Å². The maximum Gasteiger partial charge on any atom is 0.211 e. The van der Waals surface area contributed by atoms with Gasteiger partial charge in [-0.25, -0.2) is 8.42 Å². The molecular weight excluding hydrogens is 162 g/mol. The molecule has 11 heavy (non-hydrogen) atoms. The van der Waals surface area contributed by atoms with Crippen molar-refractivity contribution in [2.75, 3.05) is 12.8 Å². The molecule has 0 aromatic carbocycles. The first-order valence-electron chi connectivity index (χ1n) is 3.82. The second-order valence-corrected chi connectivity index (χ2v) is 4.96. The highest BCUT2D eigenvalue weighted by Gasteiger charge is 2.25. The molecule has 1 saturated heterocycles. The van der Waals surface area contributed by atoms with Gasteiger partial charge in [-0.2, -0.15) is 4.31 Å². The normalized spacial score (nSPS) is 28.7. The summed E-state index contributed by atoms with van der Waals surface area (Å²) in [6.45, 7) is 4.44. The predicted molar refractivity (Wildman–Crippen MR) is 44.5 cm³/mol. The highest BCUT2D eigenvalue weighted by molar-refractivity contribution is 7.88. The van der Waals surface area contributed by atoms with Crippen LogP contribution in [-0.2, 0) is 10.0 Å². The minimum absolute atomic E-state index is 0.0428. The Morgan fingerprint density at radius 1 is 1.45 bits per heavy atom. The maximum absolute atomic E-state index is 11.1. The Labute approximate surface area is 68.4 Å². The summed E-state index contributed by atoms with van der Waals surface area (Å²) >= 11 is 0. The largest absolute Gasteiger partial charge is 0.212 e. The standard InChI is InChI=1S/C7H14NO2S/c1-7-5-3-4-6-8(7)11(2,9)10/h7H,1,3-6H2,2H3. The first-order chi connectivity index (χ1) is 5.02. The van der Waals surface area contributed by atoms with Crippen molar-refractivity contribution in [1.29, 1.82) is 0 Å². The van der Waals surface area contributed by atoms with Gasteiger partial charge in [0.2, 0.25) is 10.0 Å². The Bertz CT molecular complexity index is 223. The van der Waals surface area contributed by atoms with Gasteiger partial charge >= 0.3 is 0 Å². The SMILES string of the molecule is [CH2]C1CCCCN1S(C)(=O)=O.